The van der Waals surface area contributed by atoms with Crippen molar-refractivity contribution < 1.29 is 30.1 Å². The number of carboxylic acids is 2. The molecule has 2 aromatic rings. The molecule has 2 aromatic carbocycles. The molecular formula is C26H31NO6S. The van der Waals surface area contributed by atoms with Gasteiger partial charge in [-0.3, -0.25) is 4.79 Å². The highest BCUT2D eigenvalue weighted by Crippen LogP contribution is 2.49. The highest BCUT2D eigenvalue weighted by Gasteiger charge is 2.47. The lowest BCUT2D eigenvalue weighted by molar-refractivity contribution is -0.134. The fourth-order valence-corrected chi connectivity index (χ4v) is 5.54. The van der Waals surface area contributed by atoms with Crippen molar-refractivity contribution in [2.24, 2.45) is 5.92 Å². The molecule has 0 saturated carbocycles. The quantitative estimate of drug-likeness (QED) is 0.500. The third-order valence-corrected chi connectivity index (χ3v) is 7.76. The van der Waals surface area contributed by atoms with Gasteiger partial charge in [-0.05, 0) is 72.8 Å². The van der Waals surface area contributed by atoms with Crippen molar-refractivity contribution in [3.63, 3.8) is 0 Å². The zero-order valence-electron chi connectivity index (χ0n) is 19.5. The van der Waals surface area contributed by atoms with E-state index >= 15 is 0 Å². The Labute approximate surface area is 203 Å². The van der Waals surface area contributed by atoms with Gasteiger partial charge in [0.15, 0.2) is 0 Å². The summed E-state index contributed by atoms with van der Waals surface area (Å²) >= 11 is 1.35. The number of rotatable bonds is 4. The van der Waals surface area contributed by atoms with E-state index in [9.17, 15) is 14.4 Å². The van der Waals surface area contributed by atoms with Gasteiger partial charge in [0.05, 0.1) is 0 Å². The molecule has 34 heavy (non-hydrogen) atoms. The summed E-state index contributed by atoms with van der Waals surface area (Å²) in [5, 5.41) is 15.7. The Bertz CT molecular complexity index is 1050. The number of carbonyl (C=O) groups is 3. The Kier molecular flexibility index (Phi) is 9.21. The van der Waals surface area contributed by atoms with Gasteiger partial charge in [-0.1, -0.05) is 50.2 Å². The number of hydrogen-bond donors (Lipinski definition) is 2. The highest BCUT2D eigenvalue weighted by atomic mass is 32.2. The minimum atomic E-state index is -1.26. The van der Waals surface area contributed by atoms with Crippen molar-refractivity contribution >= 4 is 28.8 Å². The van der Waals surface area contributed by atoms with Gasteiger partial charge < -0.3 is 20.6 Å². The number of likely N-dealkylation sites (tertiary alicyclic amines) is 1. The molecule has 7 nitrogen and oxygen atoms in total. The third-order valence-electron chi connectivity index (χ3n) is 6.85. The normalized spacial score (nSPS) is 23.1. The molecule has 1 saturated heterocycles. The van der Waals surface area contributed by atoms with E-state index in [0.29, 0.717) is 24.1 Å². The smallest absolute Gasteiger partial charge is 0.328 e. The summed E-state index contributed by atoms with van der Waals surface area (Å²) in [5.41, 5.74) is 3.92. The van der Waals surface area contributed by atoms with Gasteiger partial charge in [-0.15, -0.1) is 0 Å². The summed E-state index contributed by atoms with van der Waals surface area (Å²) < 4.78 is 0. The van der Waals surface area contributed by atoms with Crippen LogP contribution >= 0.6 is 11.8 Å². The summed E-state index contributed by atoms with van der Waals surface area (Å²) in [6.45, 7) is 5.98. The van der Waals surface area contributed by atoms with E-state index in [2.05, 4.69) is 44.0 Å². The van der Waals surface area contributed by atoms with Crippen LogP contribution in [0.25, 0.3) is 0 Å². The molecule has 3 atom stereocenters. The van der Waals surface area contributed by atoms with Crippen LogP contribution in [0.2, 0.25) is 0 Å². The van der Waals surface area contributed by atoms with E-state index in [1.54, 1.807) is 0 Å². The molecule has 0 aromatic heterocycles. The number of benzene rings is 2. The molecule has 0 unspecified atom stereocenters. The van der Waals surface area contributed by atoms with Crippen LogP contribution in [-0.2, 0) is 21.4 Å². The maximum Gasteiger partial charge on any atom is 0.328 e. The number of likely N-dealkylation sites (N-methyl/N-ethyl adjacent to an activating group) is 1. The molecule has 1 aliphatic carbocycles. The van der Waals surface area contributed by atoms with Crippen LogP contribution in [-0.4, -0.2) is 57.3 Å². The number of carbonyl (C=O) groups excluding carboxylic acids is 1. The molecule has 1 heterocycles. The van der Waals surface area contributed by atoms with E-state index in [4.69, 9.17) is 10.2 Å². The van der Waals surface area contributed by atoms with Gasteiger partial charge >= 0.3 is 11.9 Å². The summed E-state index contributed by atoms with van der Waals surface area (Å²) in [5.74, 6) is -1.87. The van der Waals surface area contributed by atoms with Crippen molar-refractivity contribution in [3.8, 4) is 0 Å². The van der Waals surface area contributed by atoms with Crippen LogP contribution in [0.15, 0.2) is 65.6 Å². The molecule has 8 heteroatoms. The molecule has 2 aliphatic rings. The largest absolute Gasteiger partial charge is 0.478 e. The lowest BCUT2D eigenvalue weighted by atomic mass is 9.59. The van der Waals surface area contributed by atoms with E-state index in [1.807, 2.05) is 30.3 Å². The van der Waals surface area contributed by atoms with Crippen molar-refractivity contribution in [2.45, 2.75) is 43.0 Å². The van der Waals surface area contributed by atoms with Gasteiger partial charge in [0, 0.05) is 28.7 Å². The predicted molar refractivity (Wildman–Crippen MR) is 132 cm³/mol. The number of carboxylic acid groups (broad SMARTS) is 2. The first-order valence-corrected chi connectivity index (χ1v) is 11.7. The Balaban J connectivity index is 0.000000394. The fourth-order valence-electron chi connectivity index (χ4n) is 4.76. The topological polar surface area (TPSA) is 126 Å². The van der Waals surface area contributed by atoms with Crippen molar-refractivity contribution in [2.75, 3.05) is 13.6 Å². The summed E-state index contributed by atoms with van der Waals surface area (Å²) in [6, 6.07) is 16.9. The van der Waals surface area contributed by atoms with E-state index in [1.165, 1.54) is 29.3 Å². The second-order valence-corrected chi connectivity index (χ2v) is 9.84. The van der Waals surface area contributed by atoms with Crippen LogP contribution in [0.4, 0.5) is 0 Å². The minimum absolute atomic E-state index is 0. The molecule has 4 N–H and O–H groups in total. The van der Waals surface area contributed by atoms with E-state index in [0.717, 1.165) is 23.4 Å². The minimum Gasteiger partial charge on any atom is -0.478 e. The van der Waals surface area contributed by atoms with Crippen LogP contribution < -0.4 is 0 Å². The Morgan fingerprint density at radius 1 is 1.06 bits per heavy atom. The van der Waals surface area contributed by atoms with Crippen LogP contribution in [0.5, 0.6) is 0 Å². The van der Waals surface area contributed by atoms with Gasteiger partial charge in [-0.2, -0.15) is 0 Å². The molecule has 1 aliphatic heterocycles. The van der Waals surface area contributed by atoms with Gasteiger partial charge in [0.2, 0.25) is 5.12 Å². The average Bonchev–Trinajstić information content (AvgIpc) is 2.79. The molecule has 2 bridgehead atoms. The summed E-state index contributed by atoms with van der Waals surface area (Å²) in [7, 11) is 2.26. The second kappa shape index (κ2) is 11.5. The van der Waals surface area contributed by atoms with Crippen molar-refractivity contribution in [3.05, 3.63) is 77.4 Å². The van der Waals surface area contributed by atoms with Crippen molar-refractivity contribution in [1.29, 1.82) is 0 Å². The van der Waals surface area contributed by atoms with Crippen LogP contribution in [0, 0.1) is 5.92 Å². The van der Waals surface area contributed by atoms with E-state index < -0.39 is 11.9 Å². The summed E-state index contributed by atoms with van der Waals surface area (Å²) in [6.07, 6.45) is 3.43. The molecule has 0 radical (unpaired) electrons. The van der Waals surface area contributed by atoms with Gasteiger partial charge in [0.25, 0.3) is 0 Å². The maximum atomic E-state index is 12.5. The Morgan fingerprint density at radius 3 is 2.26 bits per heavy atom. The van der Waals surface area contributed by atoms with Crippen molar-refractivity contribution in [1.82, 2.24) is 4.90 Å². The average molecular weight is 486 g/mol. The Hall–Kier alpha value is -2.94. The number of nitrogens with zero attached hydrogens (tertiary/aromatic N) is 1. The fraction of sp³-hybridized carbons (Fsp3) is 0.346. The number of fused-ring (bicyclic) bond motifs is 4. The SMILES string of the molecule is C[C@H]1[C@H]2Cc3ccc(SC(=O)c4ccccc4)cc3[C@]1(C)CCN2C.O.O=C(O)/C=C/C(=O)O. The maximum absolute atomic E-state index is 12.5. The molecule has 4 rings (SSSR count). The standard InChI is InChI=1S/C22H25NOS.C4H4O4.H2O/c1-15-20-13-17-9-10-18(25-21(24)16-7-5-4-6-8-16)14-19(17)22(15,2)11-12-23(20)3;5-3(6)1-2-4(7)8;/h4-10,14-15,20H,11-13H2,1-3H3;1-2H,(H,5,6)(H,7,8);1H2/b;2-1+;/t15-,20+,22+;;/m0../s1. The molecule has 0 amide bonds. The molecular weight excluding hydrogens is 454 g/mol. The zero-order chi connectivity index (χ0) is 24.2. The van der Waals surface area contributed by atoms with Gasteiger partial charge in [-0.25, -0.2) is 9.59 Å². The summed E-state index contributed by atoms with van der Waals surface area (Å²) in [4.78, 5) is 35.2. The lowest BCUT2D eigenvalue weighted by Gasteiger charge is -2.53. The molecule has 0 spiro atoms. The highest BCUT2D eigenvalue weighted by molar-refractivity contribution is 8.14. The third kappa shape index (κ3) is 6.14. The molecule has 182 valence electrons. The zero-order valence-corrected chi connectivity index (χ0v) is 20.3. The first kappa shape index (κ1) is 27.3. The first-order chi connectivity index (χ1) is 15.6. The number of piperidine rings is 1. The lowest BCUT2D eigenvalue weighted by Crippen LogP contribution is -2.56. The van der Waals surface area contributed by atoms with Crippen LogP contribution in [0.1, 0.15) is 41.8 Å². The first-order valence-electron chi connectivity index (χ1n) is 10.9. The van der Waals surface area contributed by atoms with Gasteiger partial charge in [0.1, 0.15) is 0 Å². The number of thioether (sulfide) groups is 1. The van der Waals surface area contributed by atoms with Crippen LogP contribution in [0.3, 0.4) is 0 Å². The second-order valence-electron chi connectivity index (χ2n) is 8.79. The number of hydrogen-bond acceptors (Lipinski definition) is 5. The monoisotopic (exact) mass is 485 g/mol. The predicted octanol–water partition coefficient (Wildman–Crippen LogP) is 3.66. The number of aliphatic carboxylic acids is 2. The van der Waals surface area contributed by atoms with E-state index in [-0.39, 0.29) is 16.0 Å². The Morgan fingerprint density at radius 2 is 1.68 bits per heavy atom. The molecule has 1 fully saturated rings.